The lowest BCUT2D eigenvalue weighted by atomic mass is 9.46. The summed E-state index contributed by atoms with van der Waals surface area (Å²) in [6, 6.07) is 0. The molecule has 130 valence electrons. The van der Waals surface area contributed by atoms with E-state index in [9.17, 15) is 9.90 Å². The molecule has 2 aliphatic rings. The highest BCUT2D eigenvalue weighted by Crippen LogP contribution is 2.62. The fourth-order valence-corrected chi connectivity index (χ4v) is 5.44. The van der Waals surface area contributed by atoms with E-state index in [4.69, 9.17) is 0 Å². The molecule has 0 heterocycles. The summed E-state index contributed by atoms with van der Waals surface area (Å²) in [7, 11) is 0. The van der Waals surface area contributed by atoms with Crippen molar-refractivity contribution in [1.82, 2.24) is 0 Å². The molecule has 0 saturated heterocycles. The van der Waals surface area contributed by atoms with E-state index in [0.717, 1.165) is 32.1 Å². The summed E-state index contributed by atoms with van der Waals surface area (Å²) in [6.45, 7) is 16.3. The molecule has 0 bridgehead atoms. The molecule has 0 amide bonds. The SMILES string of the molecule is C=CC(C)(O)CCC1C(=C)CCC2C(C)(C(C)=O)CCCC12C. The third kappa shape index (κ3) is 3.20. The number of carbonyl (C=O) groups excluding carboxylic acids is 1. The molecule has 23 heavy (non-hydrogen) atoms. The van der Waals surface area contributed by atoms with E-state index in [1.807, 2.05) is 6.92 Å². The van der Waals surface area contributed by atoms with Crippen LogP contribution >= 0.6 is 0 Å². The van der Waals surface area contributed by atoms with Crippen molar-refractivity contribution in [3.63, 3.8) is 0 Å². The summed E-state index contributed by atoms with van der Waals surface area (Å²) < 4.78 is 0. The Kier molecular flexibility index (Phi) is 4.97. The highest BCUT2D eigenvalue weighted by Gasteiger charge is 2.56. The van der Waals surface area contributed by atoms with E-state index in [0.29, 0.717) is 24.0 Å². The van der Waals surface area contributed by atoms with Crippen LogP contribution in [0, 0.1) is 22.7 Å². The molecular formula is C21H34O2. The molecule has 2 saturated carbocycles. The first-order valence-corrected chi connectivity index (χ1v) is 9.11. The molecular weight excluding hydrogens is 284 g/mol. The van der Waals surface area contributed by atoms with Gasteiger partial charge < -0.3 is 5.11 Å². The van der Waals surface area contributed by atoms with Gasteiger partial charge >= 0.3 is 0 Å². The number of rotatable bonds is 5. The fourth-order valence-electron chi connectivity index (χ4n) is 5.44. The van der Waals surface area contributed by atoms with Gasteiger partial charge in [0.05, 0.1) is 5.60 Å². The van der Waals surface area contributed by atoms with Crippen LogP contribution in [-0.4, -0.2) is 16.5 Å². The molecule has 5 atom stereocenters. The van der Waals surface area contributed by atoms with Crippen LogP contribution in [0.2, 0.25) is 0 Å². The minimum Gasteiger partial charge on any atom is -0.386 e. The van der Waals surface area contributed by atoms with Crippen LogP contribution in [0.15, 0.2) is 24.8 Å². The Morgan fingerprint density at radius 1 is 1.43 bits per heavy atom. The molecule has 0 spiro atoms. The topological polar surface area (TPSA) is 37.3 Å². The zero-order valence-electron chi connectivity index (χ0n) is 15.5. The van der Waals surface area contributed by atoms with Crippen molar-refractivity contribution < 1.29 is 9.90 Å². The van der Waals surface area contributed by atoms with Crippen LogP contribution < -0.4 is 0 Å². The van der Waals surface area contributed by atoms with Crippen LogP contribution in [0.5, 0.6) is 0 Å². The van der Waals surface area contributed by atoms with Crippen molar-refractivity contribution >= 4 is 5.78 Å². The first-order chi connectivity index (χ1) is 10.6. The monoisotopic (exact) mass is 318 g/mol. The highest BCUT2D eigenvalue weighted by atomic mass is 16.3. The standard InChI is InChI=1S/C21H34O2/c1-7-19(4,23)14-11-17-15(2)9-10-18-20(5,16(3)22)12-8-13-21(17,18)6/h7,17-18,23H,1-2,8-14H2,3-6H3. The molecule has 0 aliphatic heterocycles. The van der Waals surface area contributed by atoms with Crippen LogP contribution in [-0.2, 0) is 4.79 Å². The van der Waals surface area contributed by atoms with Crippen LogP contribution in [0.3, 0.4) is 0 Å². The van der Waals surface area contributed by atoms with Gasteiger partial charge in [-0.05, 0) is 69.6 Å². The number of allylic oxidation sites excluding steroid dienone is 1. The van der Waals surface area contributed by atoms with Crippen LogP contribution in [0.1, 0.15) is 72.6 Å². The van der Waals surface area contributed by atoms with Crippen LogP contribution in [0.4, 0.5) is 0 Å². The lowest BCUT2D eigenvalue weighted by molar-refractivity contribution is -0.141. The predicted molar refractivity (Wildman–Crippen MR) is 96.2 cm³/mol. The number of hydrogen-bond donors (Lipinski definition) is 1. The van der Waals surface area contributed by atoms with E-state index in [1.165, 1.54) is 12.0 Å². The van der Waals surface area contributed by atoms with Gasteiger partial charge in [0.2, 0.25) is 0 Å². The van der Waals surface area contributed by atoms with Gasteiger partial charge in [-0.25, -0.2) is 0 Å². The van der Waals surface area contributed by atoms with Crippen molar-refractivity contribution in [2.75, 3.05) is 0 Å². The van der Waals surface area contributed by atoms with Gasteiger partial charge in [-0.1, -0.05) is 38.5 Å². The average molecular weight is 319 g/mol. The molecule has 5 unspecified atom stereocenters. The van der Waals surface area contributed by atoms with E-state index >= 15 is 0 Å². The van der Waals surface area contributed by atoms with Gasteiger partial charge in [0.15, 0.2) is 0 Å². The molecule has 1 N–H and O–H groups in total. The second kappa shape index (κ2) is 6.20. The molecule has 0 aromatic rings. The lowest BCUT2D eigenvalue weighted by Crippen LogP contribution is -2.53. The Labute approximate surface area is 142 Å². The van der Waals surface area contributed by atoms with Crippen molar-refractivity contribution in [3.05, 3.63) is 24.8 Å². The van der Waals surface area contributed by atoms with E-state index in [-0.39, 0.29) is 10.8 Å². The van der Waals surface area contributed by atoms with E-state index in [2.05, 4.69) is 27.0 Å². The molecule has 0 radical (unpaired) electrons. The number of carbonyl (C=O) groups is 1. The second-order valence-corrected chi connectivity index (χ2v) is 8.74. The molecule has 2 fully saturated rings. The number of aliphatic hydroxyl groups is 1. The second-order valence-electron chi connectivity index (χ2n) is 8.74. The van der Waals surface area contributed by atoms with E-state index < -0.39 is 5.60 Å². The van der Waals surface area contributed by atoms with Gasteiger partial charge in [-0.2, -0.15) is 0 Å². The van der Waals surface area contributed by atoms with Crippen molar-refractivity contribution in [3.8, 4) is 0 Å². The molecule has 2 aliphatic carbocycles. The Bertz CT molecular complexity index is 504. The summed E-state index contributed by atoms with van der Waals surface area (Å²) in [6.07, 6.45) is 8.68. The summed E-state index contributed by atoms with van der Waals surface area (Å²) in [5, 5.41) is 10.3. The van der Waals surface area contributed by atoms with Crippen molar-refractivity contribution in [2.24, 2.45) is 22.7 Å². The van der Waals surface area contributed by atoms with Crippen molar-refractivity contribution in [1.29, 1.82) is 0 Å². The maximum atomic E-state index is 12.4. The maximum Gasteiger partial charge on any atom is 0.135 e. The Morgan fingerprint density at radius 3 is 2.65 bits per heavy atom. The number of ketones is 1. The third-order valence-electron chi connectivity index (χ3n) is 7.20. The number of Topliss-reactive ketones (excluding diaryl/α,β-unsaturated/α-hetero) is 1. The fraction of sp³-hybridized carbons (Fsp3) is 0.762. The van der Waals surface area contributed by atoms with Crippen LogP contribution in [0.25, 0.3) is 0 Å². The molecule has 0 aromatic heterocycles. The van der Waals surface area contributed by atoms with Crippen molar-refractivity contribution in [2.45, 2.75) is 78.2 Å². The highest BCUT2D eigenvalue weighted by molar-refractivity contribution is 5.82. The molecule has 0 aromatic carbocycles. The first-order valence-electron chi connectivity index (χ1n) is 9.11. The maximum absolute atomic E-state index is 12.4. The molecule has 2 rings (SSSR count). The van der Waals surface area contributed by atoms with Gasteiger partial charge in [-0.3, -0.25) is 4.79 Å². The normalized spacial score (nSPS) is 40.1. The summed E-state index contributed by atoms with van der Waals surface area (Å²) in [5.74, 6) is 1.18. The molecule has 2 nitrogen and oxygen atoms in total. The minimum absolute atomic E-state index is 0.130. The zero-order chi connectivity index (χ0) is 17.5. The minimum atomic E-state index is -0.817. The van der Waals surface area contributed by atoms with Gasteiger partial charge in [0.25, 0.3) is 0 Å². The lowest BCUT2D eigenvalue weighted by Gasteiger charge is -2.58. The Hall–Kier alpha value is -0.890. The third-order valence-corrected chi connectivity index (χ3v) is 7.20. The smallest absolute Gasteiger partial charge is 0.135 e. The van der Waals surface area contributed by atoms with Gasteiger partial charge in [-0.15, -0.1) is 6.58 Å². The predicted octanol–water partition coefficient (Wildman–Crippen LogP) is 5.07. The average Bonchev–Trinajstić information content (AvgIpc) is 2.46. The summed E-state index contributed by atoms with van der Waals surface area (Å²) in [4.78, 5) is 12.4. The first kappa shape index (κ1) is 18.4. The summed E-state index contributed by atoms with van der Waals surface area (Å²) in [5.41, 5.74) is 0.441. The molecule has 2 heteroatoms. The quantitative estimate of drug-likeness (QED) is 0.718. The number of hydrogen-bond acceptors (Lipinski definition) is 2. The summed E-state index contributed by atoms with van der Waals surface area (Å²) >= 11 is 0. The largest absolute Gasteiger partial charge is 0.386 e. The Balaban J connectivity index is 2.29. The van der Waals surface area contributed by atoms with E-state index in [1.54, 1.807) is 13.0 Å². The van der Waals surface area contributed by atoms with Gasteiger partial charge in [0, 0.05) is 5.41 Å². The Morgan fingerprint density at radius 2 is 2.09 bits per heavy atom. The number of fused-ring (bicyclic) bond motifs is 1. The zero-order valence-corrected chi connectivity index (χ0v) is 15.5. The van der Waals surface area contributed by atoms with Gasteiger partial charge in [0.1, 0.15) is 5.78 Å².